The highest BCUT2D eigenvalue weighted by molar-refractivity contribution is 9.11. The minimum atomic E-state index is 0.674. The van der Waals surface area contributed by atoms with Crippen LogP contribution in [0.25, 0.3) is 0 Å². The molecular weight excluding hydrogens is 394 g/mol. The van der Waals surface area contributed by atoms with Gasteiger partial charge in [0.05, 0.1) is 15.6 Å². The summed E-state index contributed by atoms with van der Waals surface area (Å²) in [6, 6.07) is 4.99. The molecule has 0 saturated heterocycles. The Morgan fingerprint density at radius 1 is 1.19 bits per heavy atom. The summed E-state index contributed by atoms with van der Waals surface area (Å²) in [6.45, 7) is 5.91. The van der Waals surface area contributed by atoms with Gasteiger partial charge in [-0.15, -0.1) is 0 Å². The maximum atomic E-state index is 5.63. The zero-order chi connectivity index (χ0) is 15.2. The number of halogens is 2. The topological polar surface area (TPSA) is 21.3 Å². The third-order valence-electron chi connectivity index (χ3n) is 4.30. The van der Waals surface area contributed by atoms with Crippen molar-refractivity contribution in [1.29, 1.82) is 0 Å². The maximum absolute atomic E-state index is 5.63. The van der Waals surface area contributed by atoms with Gasteiger partial charge in [0, 0.05) is 12.6 Å². The average molecular weight is 419 g/mol. The van der Waals surface area contributed by atoms with Gasteiger partial charge in [-0.2, -0.15) is 0 Å². The van der Waals surface area contributed by atoms with Gasteiger partial charge < -0.3 is 10.1 Å². The molecule has 2 unspecified atom stereocenters. The van der Waals surface area contributed by atoms with Crippen LogP contribution in [0.3, 0.4) is 0 Å². The molecule has 2 rings (SSSR count). The van der Waals surface area contributed by atoms with Gasteiger partial charge in [-0.05, 0) is 75.2 Å². The lowest BCUT2D eigenvalue weighted by molar-refractivity contribution is 0.278. The summed E-state index contributed by atoms with van der Waals surface area (Å²) in [5.74, 6) is 1.81. The van der Waals surface area contributed by atoms with Gasteiger partial charge in [0.15, 0.2) is 0 Å². The summed E-state index contributed by atoms with van der Waals surface area (Å²) in [5.41, 5.74) is 1.29. The molecule has 1 aliphatic rings. The lowest BCUT2D eigenvalue weighted by Crippen LogP contribution is -2.33. The van der Waals surface area contributed by atoms with Crippen LogP contribution in [0.5, 0.6) is 5.75 Å². The predicted octanol–water partition coefficient (Wildman–Crippen LogP) is 5.67. The molecule has 2 atom stereocenters. The number of hydrogen-bond donors (Lipinski definition) is 1. The quantitative estimate of drug-likeness (QED) is 0.642. The standard InChI is InChI=1S/C17H25Br2NO/c1-3-12-6-5-7-14(8-12)20-11-13-9-15(18)17(21-4-2)16(19)10-13/h9-10,12,14,20H,3-8,11H2,1-2H3. The lowest BCUT2D eigenvalue weighted by atomic mass is 9.84. The van der Waals surface area contributed by atoms with Crippen LogP contribution < -0.4 is 10.1 Å². The molecular formula is C17H25Br2NO. The van der Waals surface area contributed by atoms with Gasteiger partial charge >= 0.3 is 0 Å². The van der Waals surface area contributed by atoms with Crippen LogP contribution in [-0.2, 0) is 6.54 Å². The van der Waals surface area contributed by atoms with E-state index in [9.17, 15) is 0 Å². The first-order chi connectivity index (χ1) is 10.1. The molecule has 0 radical (unpaired) electrons. The van der Waals surface area contributed by atoms with Crippen LogP contribution in [0.1, 0.15) is 51.5 Å². The average Bonchev–Trinajstić information content (AvgIpc) is 2.49. The summed E-state index contributed by atoms with van der Waals surface area (Å²) < 4.78 is 7.67. The van der Waals surface area contributed by atoms with E-state index >= 15 is 0 Å². The third-order valence-corrected chi connectivity index (χ3v) is 5.48. The van der Waals surface area contributed by atoms with Gasteiger partial charge in [0.1, 0.15) is 5.75 Å². The third kappa shape index (κ3) is 4.97. The van der Waals surface area contributed by atoms with Crippen molar-refractivity contribution in [2.75, 3.05) is 6.61 Å². The second kappa shape index (κ2) is 8.54. The molecule has 0 aromatic heterocycles. The molecule has 1 saturated carbocycles. The highest BCUT2D eigenvalue weighted by atomic mass is 79.9. The molecule has 1 aromatic carbocycles. The number of rotatable bonds is 6. The van der Waals surface area contributed by atoms with Crippen molar-refractivity contribution >= 4 is 31.9 Å². The molecule has 4 heteroatoms. The van der Waals surface area contributed by atoms with E-state index in [1.54, 1.807) is 0 Å². The largest absolute Gasteiger partial charge is 0.492 e. The Morgan fingerprint density at radius 2 is 1.90 bits per heavy atom. The first-order valence-corrected chi connectivity index (χ1v) is 9.56. The number of benzene rings is 1. The van der Waals surface area contributed by atoms with E-state index in [1.165, 1.54) is 37.7 Å². The Bertz CT molecular complexity index is 441. The number of hydrogen-bond acceptors (Lipinski definition) is 2. The maximum Gasteiger partial charge on any atom is 0.147 e. The van der Waals surface area contributed by atoms with Crippen molar-refractivity contribution in [2.24, 2.45) is 5.92 Å². The van der Waals surface area contributed by atoms with Crippen LogP contribution in [-0.4, -0.2) is 12.6 Å². The monoisotopic (exact) mass is 417 g/mol. The molecule has 1 aliphatic carbocycles. The van der Waals surface area contributed by atoms with E-state index in [2.05, 4.69) is 56.2 Å². The molecule has 21 heavy (non-hydrogen) atoms. The summed E-state index contributed by atoms with van der Waals surface area (Å²) >= 11 is 7.21. The molecule has 0 heterocycles. The van der Waals surface area contributed by atoms with Crippen molar-refractivity contribution in [3.8, 4) is 5.75 Å². The minimum Gasteiger partial charge on any atom is -0.492 e. The molecule has 1 N–H and O–H groups in total. The van der Waals surface area contributed by atoms with Crippen molar-refractivity contribution in [3.05, 3.63) is 26.6 Å². The molecule has 1 fully saturated rings. The van der Waals surface area contributed by atoms with Crippen molar-refractivity contribution in [1.82, 2.24) is 5.32 Å². The number of nitrogens with one attached hydrogen (secondary N) is 1. The van der Waals surface area contributed by atoms with Crippen LogP contribution in [0.4, 0.5) is 0 Å². The SMILES string of the molecule is CCOc1c(Br)cc(CNC2CCCC(CC)C2)cc1Br. The molecule has 2 nitrogen and oxygen atoms in total. The second-order valence-electron chi connectivity index (χ2n) is 5.84. The highest BCUT2D eigenvalue weighted by Crippen LogP contribution is 2.35. The molecule has 0 amide bonds. The van der Waals surface area contributed by atoms with E-state index in [0.29, 0.717) is 12.6 Å². The fourth-order valence-corrected chi connectivity index (χ4v) is 4.62. The molecule has 0 aliphatic heterocycles. The van der Waals surface area contributed by atoms with E-state index in [1.807, 2.05) is 6.92 Å². The van der Waals surface area contributed by atoms with Crippen LogP contribution in [0.15, 0.2) is 21.1 Å². The molecule has 0 bridgehead atoms. The summed E-state index contributed by atoms with van der Waals surface area (Å²) in [6.07, 6.45) is 6.74. The van der Waals surface area contributed by atoms with Gasteiger partial charge in [0.25, 0.3) is 0 Å². The van der Waals surface area contributed by atoms with E-state index in [0.717, 1.165) is 27.2 Å². The predicted molar refractivity (Wildman–Crippen MR) is 95.9 cm³/mol. The summed E-state index contributed by atoms with van der Waals surface area (Å²) in [4.78, 5) is 0. The van der Waals surface area contributed by atoms with E-state index < -0.39 is 0 Å². The zero-order valence-corrected chi connectivity index (χ0v) is 16.1. The highest BCUT2D eigenvalue weighted by Gasteiger charge is 2.20. The smallest absolute Gasteiger partial charge is 0.147 e. The zero-order valence-electron chi connectivity index (χ0n) is 12.9. The Morgan fingerprint density at radius 3 is 2.52 bits per heavy atom. The summed E-state index contributed by atoms with van der Waals surface area (Å²) in [5, 5.41) is 3.73. The van der Waals surface area contributed by atoms with E-state index in [-0.39, 0.29) is 0 Å². The first kappa shape index (κ1) is 17.3. The Hall–Kier alpha value is -0.0600. The molecule has 0 spiro atoms. The summed E-state index contributed by atoms with van der Waals surface area (Å²) in [7, 11) is 0. The Kier molecular flexibility index (Phi) is 7.03. The van der Waals surface area contributed by atoms with Gasteiger partial charge in [-0.1, -0.05) is 26.2 Å². The lowest BCUT2D eigenvalue weighted by Gasteiger charge is -2.29. The first-order valence-electron chi connectivity index (χ1n) is 7.98. The van der Waals surface area contributed by atoms with Crippen LogP contribution >= 0.6 is 31.9 Å². The van der Waals surface area contributed by atoms with Gasteiger partial charge in [0.2, 0.25) is 0 Å². The van der Waals surface area contributed by atoms with Gasteiger partial charge in [-0.3, -0.25) is 0 Å². The van der Waals surface area contributed by atoms with Crippen LogP contribution in [0.2, 0.25) is 0 Å². The Balaban J connectivity index is 1.94. The number of ether oxygens (including phenoxy) is 1. The molecule has 1 aromatic rings. The van der Waals surface area contributed by atoms with Crippen molar-refractivity contribution in [3.63, 3.8) is 0 Å². The van der Waals surface area contributed by atoms with Gasteiger partial charge in [-0.25, -0.2) is 0 Å². The van der Waals surface area contributed by atoms with E-state index in [4.69, 9.17) is 4.74 Å². The minimum absolute atomic E-state index is 0.674. The van der Waals surface area contributed by atoms with Crippen molar-refractivity contribution < 1.29 is 4.74 Å². The Labute approximate surface area is 145 Å². The fraction of sp³-hybridized carbons (Fsp3) is 0.647. The molecule has 118 valence electrons. The normalized spacial score (nSPS) is 22.3. The second-order valence-corrected chi connectivity index (χ2v) is 7.55. The van der Waals surface area contributed by atoms with Crippen LogP contribution in [0, 0.1) is 5.92 Å². The van der Waals surface area contributed by atoms with Crippen molar-refractivity contribution in [2.45, 2.75) is 58.5 Å². The fourth-order valence-electron chi connectivity index (χ4n) is 3.11.